The number of ether oxygens (including phenoxy) is 1. The number of nitrogens with one attached hydrogen (secondary N) is 1. The number of halogens is 1. The quantitative estimate of drug-likeness (QED) is 0.482. The van der Waals surface area contributed by atoms with E-state index in [1.165, 1.54) is 40.9 Å². The number of phenolic OH excluding ortho intramolecular Hbond substituents is 1. The number of carbonyl (C=O) groups excluding carboxylic acids is 1. The zero-order valence-corrected chi connectivity index (χ0v) is 18.6. The monoisotopic (exact) mass is 465 g/mol. The fourth-order valence-electron chi connectivity index (χ4n) is 3.26. The van der Waals surface area contributed by atoms with Gasteiger partial charge in [-0.2, -0.15) is 9.41 Å². The second kappa shape index (κ2) is 10.1. The Bertz CT molecular complexity index is 1050. The third-order valence-electron chi connectivity index (χ3n) is 4.95. The second-order valence-electron chi connectivity index (χ2n) is 7.03. The number of sulfonamides is 1. The van der Waals surface area contributed by atoms with Gasteiger partial charge in [-0.3, -0.25) is 4.79 Å². The first-order valence-corrected chi connectivity index (χ1v) is 11.7. The highest BCUT2D eigenvalue weighted by atomic mass is 35.5. The Morgan fingerprint density at radius 3 is 2.58 bits per heavy atom. The number of aromatic hydroxyl groups is 1. The molecule has 1 amide bonds. The predicted molar refractivity (Wildman–Crippen MR) is 118 cm³/mol. The van der Waals surface area contributed by atoms with E-state index in [-0.39, 0.29) is 35.6 Å². The van der Waals surface area contributed by atoms with E-state index >= 15 is 0 Å². The lowest BCUT2D eigenvalue weighted by Crippen LogP contribution is -2.42. The molecule has 1 fully saturated rings. The Kier molecular flexibility index (Phi) is 7.53. The van der Waals surface area contributed by atoms with Gasteiger partial charge in [0.25, 0.3) is 0 Å². The maximum absolute atomic E-state index is 12.7. The highest BCUT2D eigenvalue weighted by Gasteiger charge is 2.32. The van der Waals surface area contributed by atoms with Gasteiger partial charge in [-0.1, -0.05) is 11.6 Å². The van der Waals surface area contributed by atoms with Crippen LogP contribution in [-0.2, 0) is 14.8 Å². The number of carbonyl (C=O) groups is 1. The summed E-state index contributed by atoms with van der Waals surface area (Å²) < 4.78 is 32.2. The zero-order chi connectivity index (χ0) is 22.4. The van der Waals surface area contributed by atoms with E-state index in [9.17, 15) is 18.3 Å². The SMILES string of the molecule is CCOc1cc(/C=N\NC(=O)C2CCN(S(=O)(=O)c3ccc(Cl)cc3)CC2)ccc1O. The van der Waals surface area contributed by atoms with Crippen molar-refractivity contribution in [3.63, 3.8) is 0 Å². The minimum absolute atomic E-state index is 0.0309. The first-order valence-electron chi connectivity index (χ1n) is 9.85. The molecule has 0 atom stereocenters. The molecule has 0 radical (unpaired) electrons. The molecule has 2 aromatic rings. The Labute approximate surface area is 186 Å². The van der Waals surface area contributed by atoms with Crippen LogP contribution in [0, 0.1) is 5.92 Å². The lowest BCUT2D eigenvalue weighted by molar-refractivity contribution is -0.126. The van der Waals surface area contributed by atoms with Crippen molar-refractivity contribution in [3.8, 4) is 11.5 Å². The van der Waals surface area contributed by atoms with Gasteiger partial charge in [-0.05, 0) is 67.8 Å². The number of hydrogen-bond donors (Lipinski definition) is 2. The summed E-state index contributed by atoms with van der Waals surface area (Å²) in [4.78, 5) is 12.6. The molecule has 0 saturated carbocycles. The summed E-state index contributed by atoms with van der Waals surface area (Å²) in [6.07, 6.45) is 2.27. The molecule has 0 aromatic heterocycles. The second-order valence-corrected chi connectivity index (χ2v) is 9.40. The average Bonchev–Trinajstić information content (AvgIpc) is 2.76. The summed E-state index contributed by atoms with van der Waals surface area (Å²) >= 11 is 5.83. The fraction of sp³-hybridized carbons (Fsp3) is 0.333. The molecule has 1 aliphatic rings. The molecule has 1 heterocycles. The van der Waals surface area contributed by atoms with Crippen molar-refractivity contribution in [2.24, 2.45) is 11.0 Å². The number of nitrogens with zero attached hydrogens (tertiary/aromatic N) is 2. The van der Waals surface area contributed by atoms with E-state index in [0.717, 1.165) is 0 Å². The van der Waals surface area contributed by atoms with Gasteiger partial charge in [0, 0.05) is 24.0 Å². The minimum atomic E-state index is -3.61. The summed E-state index contributed by atoms with van der Waals surface area (Å²) in [5.74, 6) is -0.216. The van der Waals surface area contributed by atoms with Gasteiger partial charge < -0.3 is 9.84 Å². The normalized spacial score (nSPS) is 15.8. The molecule has 166 valence electrons. The maximum atomic E-state index is 12.7. The van der Waals surface area contributed by atoms with Gasteiger partial charge in [0.2, 0.25) is 15.9 Å². The summed E-state index contributed by atoms with van der Waals surface area (Å²) in [6, 6.07) is 10.8. The molecule has 0 bridgehead atoms. The summed E-state index contributed by atoms with van der Waals surface area (Å²) in [6.45, 7) is 2.73. The third-order valence-corrected chi connectivity index (χ3v) is 7.11. The van der Waals surface area contributed by atoms with E-state index in [4.69, 9.17) is 16.3 Å². The topological polar surface area (TPSA) is 108 Å². The van der Waals surface area contributed by atoms with Crippen molar-refractivity contribution in [1.82, 2.24) is 9.73 Å². The van der Waals surface area contributed by atoms with Gasteiger partial charge >= 0.3 is 0 Å². The fourth-order valence-corrected chi connectivity index (χ4v) is 4.85. The van der Waals surface area contributed by atoms with Crippen molar-refractivity contribution >= 4 is 33.7 Å². The van der Waals surface area contributed by atoms with Gasteiger partial charge in [0.1, 0.15) is 0 Å². The Morgan fingerprint density at radius 1 is 1.26 bits per heavy atom. The van der Waals surface area contributed by atoms with Crippen LogP contribution in [-0.4, -0.2) is 49.6 Å². The number of hydrogen-bond acceptors (Lipinski definition) is 6. The molecule has 0 spiro atoms. The number of hydrazone groups is 1. The Morgan fingerprint density at radius 2 is 1.94 bits per heavy atom. The van der Waals surface area contributed by atoms with Crippen LogP contribution in [0.1, 0.15) is 25.3 Å². The van der Waals surface area contributed by atoms with Crippen LogP contribution in [0.5, 0.6) is 11.5 Å². The van der Waals surface area contributed by atoms with Crippen LogP contribution in [0.4, 0.5) is 0 Å². The number of piperidine rings is 1. The Hall–Kier alpha value is -2.62. The molecule has 1 aliphatic heterocycles. The lowest BCUT2D eigenvalue weighted by atomic mass is 9.98. The van der Waals surface area contributed by atoms with Crippen LogP contribution in [0.3, 0.4) is 0 Å². The first kappa shape index (κ1) is 23.1. The number of rotatable bonds is 7. The number of phenols is 1. The molecule has 2 aromatic carbocycles. The van der Waals surface area contributed by atoms with Gasteiger partial charge in [0.15, 0.2) is 11.5 Å². The molecule has 0 unspecified atom stereocenters. The van der Waals surface area contributed by atoms with Crippen molar-refractivity contribution in [1.29, 1.82) is 0 Å². The largest absolute Gasteiger partial charge is 0.504 e. The van der Waals surface area contributed by atoms with Crippen LogP contribution < -0.4 is 10.2 Å². The van der Waals surface area contributed by atoms with Crippen LogP contribution in [0.25, 0.3) is 0 Å². The number of benzene rings is 2. The summed E-state index contributed by atoms with van der Waals surface area (Å²) in [5, 5.41) is 14.2. The molecular formula is C21H24ClN3O5S. The highest BCUT2D eigenvalue weighted by Crippen LogP contribution is 2.26. The first-order chi connectivity index (χ1) is 14.8. The standard InChI is InChI=1S/C21H24ClN3O5S/c1-2-30-20-13-15(3-8-19(20)26)14-23-24-21(27)16-9-11-25(12-10-16)31(28,29)18-6-4-17(22)5-7-18/h3-8,13-14,16,26H,2,9-12H2,1H3,(H,24,27)/b23-14-. The van der Waals surface area contributed by atoms with Crippen molar-refractivity contribution in [2.45, 2.75) is 24.7 Å². The molecule has 10 heteroatoms. The highest BCUT2D eigenvalue weighted by molar-refractivity contribution is 7.89. The van der Waals surface area contributed by atoms with E-state index in [0.29, 0.717) is 35.8 Å². The molecule has 31 heavy (non-hydrogen) atoms. The average molecular weight is 466 g/mol. The van der Waals surface area contributed by atoms with E-state index in [1.807, 2.05) is 6.92 Å². The lowest BCUT2D eigenvalue weighted by Gasteiger charge is -2.30. The third kappa shape index (κ3) is 5.75. The predicted octanol–water partition coefficient (Wildman–Crippen LogP) is 3.00. The molecule has 3 rings (SSSR count). The van der Waals surface area contributed by atoms with Gasteiger partial charge in [0.05, 0.1) is 17.7 Å². The Balaban J connectivity index is 1.54. The molecule has 8 nitrogen and oxygen atoms in total. The molecule has 0 aliphatic carbocycles. The summed E-state index contributed by atoms with van der Waals surface area (Å²) in [5.41, 5.74) is 3.16. The maximum Gasteiger partial charge on any atom is 0.243 e. The van der Waals surface area contributed by atoms with Crippen LogP contribution >= 0.6 is 11.6 Å². The number of amides is 1. The van der Waals surface area contributed by atoms with Crippen molar-refractivity contribution in [2.75, 3.05) is 19.7 Å². The van der Waals surface area contributed by atoms with E-state index in [1.54, 1.807) is 12.1 Å². The molecular weight excluding hydrogens is 442 g/mol. The molecule has 2 N–H and O–H groups in total. The smallest absolute Gasteiger partial charge is 0.243 e. The van der Waals surface area contributed by atoms with E-state index < -0.39 is 10.0 Å². The van der Waals surface area contributed by atoms with Crippen molar-refractivity contribution in [3.05, 3.63) is 53.1 Å². The van der Waals surface area contributed by atoms with Crippen molar-refractivity contribution < 1.29 is 23.1 Å². The molecule has 1 saturated heterocycles. The summed E-state index contributed by atoms with van der Waals surface area (Å²) in [7, 11) is -3.61. The van der Waals surface area contributed by atoms with Crippen LogP contribution in [0.2, 0.25) is 5.02 Å². The minimum Gasteiger partial charge on any atom is -0.504 e. The zero-order valence-electron chi connectivity index (χ0n) is 17.0. The van der Waals surface area contributed by atoms with Crippen LogP contribution in [0.15, 0.2) is 52.5 Å². The van der Waals surface area contributed by atoms with E-state index in [2.05, 4.69) is 10.5 Å². The van der Waals surface area contributed by atoms with Gasteiger partial charge in [-0.15, -0.1) is 0 Å². The van der Waals surface area contributed by atoms with Gasteiger partial charge in [-0.25, -0.2) is 13.8 Å².